The predicted molar refractivity (Wildman–Crippen MR) is 156 cm³/mol. The molecular formula is C31H47NO11. The maximum absolute atomic E-state index is 12.5. The van der Waals surface area contributed by atoms with E-state index < -0.39 is 48.8 Å². The topological polar surface area (TPSA) is 156 Å². The average molecular weight is 610 g/mol. The molecule has 0 aliphatic heterocycles. The zero-order valence-corrected chi connectivity index (χ0v) is 26.3. The summed E-state index contributed by atoms with van der Waals surface area (Å²) < 4.78 is 31.9. The first-order chi connectivity index (χ1) is 20.2. The molecule has 2 N–H and O–H groups in total. The number of benzene rings is 1. The number of hydrogen-bond donors (Lipinski definition) is 2. The van der Waals surface area contributed by atoms with Gasteiger partial charge in [-0.2, -0.15) is 0 Å². The second kappa shape index (κ2) is 17.5. The molecule has 2 rings (SSSR count). The van der Waals surface area contributed by atoms with E-state index in [2.05, 4.69) is 5.32 Å². The molecule has 4 atom stereocenters. The van der Waals surface area contributed by atoms with E-state index in [1.165, 1.54) is 12.1 Å². The van der Waals surface area contributed by atoms with Gasteiger partial charge in [-0.25, -0.2) is 14.4 Å². The van der Waals surface area contributed by atoms with Crippen molar-refractivity contribution in [1.29, 1.82) is 0 Å². The first-order valence-electron chi connectivity index (χ1n) is 15.0. The molecule has 0 amide bonds. The Bertz CT molecular complexity index is 1070. The van der Waals surface area contributed by atoms with Crippen LogP contribution in [0.1, 0.15) is 86.1 Å². The Morgan fingerprint density at radius 1 is 0.791 bits per heavy atom. The highest BCUT2D eigenvalue weighted by molar-refractivity contribution is 5.74. The van der Waals surface area contributed by atoms with Crippen LogP contribution >= 0.6 is 0 Å². The highest BCUT2D eigenvalue weighted by Gasteiger charge is 2.25. The minimum absolute atomic E-state index is 0.0303. The Kier molecular flexibility index (Phi) is 14.5. The van der Waals surface area contributed by atoms with Crippen LogP contribution in [0.15, 0.2) is 18.2 Å². The normalized spacial score (nSPS) is 16.5. The van der Waals surface area contributed by atoms with Crippen molar-refractivity contribution >= 4 is 24.4 Å². The smallest absolute Gasteiger partial charge is 0.480 e. The number of hydrogen-bond acceptors (Lipinski definition) is 11. The van der Waals surface area contributed by atoms with Gasteiger partial charge in [0.05, 0.1) is 0 Å². The van der Waals surface area contributed by atoms with Crippen molar-refractivity contribution in [3.8, 4) is 11.5 Å². The van der Waals surface area contributed by atoms with Crippen LogP contribution in [-0.4, -0.2) is 66.5 Å². The zero-order valence-electron chi connectivity index (χ0n) is 26.3. The molecule has 242 valence electrons. The van der Waals surface area contributed by atoms with Gasteiger partial charge < -0.3 is 38.8 Å². The molecule has 1 saturated carbocycles. The first kappa shape index (κ1) is 35.7. The third kappa shape index (κ3) is 13.1. The largest absolute Gasteiger partial charge is 0.514 e. The molecule has 12 heteroatoms. The molecule has 1 fully saturated rings. The Hall–Kier alpha value is -3.54. The van der Waals surface area contributed by atoms with Gasteiger partial charge in [-0.3, -0.25) is 4.79 Å². The van der Waals surface area contributed by atoms with E-state index in [1.807, 2.05) is 27.7 Å². The molecule has 1 aromatic rings. The minimum atomic E-state index is -1.14. The molecule has 0 radical (unpaired) electrons. The number of carboxylic acids is 1. The Labute approximate surface area is 253 Å². The SMILES string of the molecule is CC(CN[C@@H](Cc1ccc(OC(=O)OC(C)C(C)C)c(OC(=O)OC(C)C(C)C)c1)C(=O)O)OC(=O)OC1CCCCC1. The molecular weight excluding hydrogens is 562 g/mol. The molecule has 0 bridgehead atoms. The number of carbonyl (C=O) groups is 4. The maximum Gasteiger partial charge on any atom is 0.514 e. The van der Waals surface area contributed by atoms with Gasteiger partial charge in [-0.1, -0.05) is 40.2 Å². The van der Waals surface area contributed by atoms with Crippen LogP contribution < -0.4 is 14.8 Å². The number of ether oxygens (including phenoxy) is 6. The van der Waals surface area contributed by atoms with Crippen molar-refractivity contribution in [1.82, 2.24) is 5.32 Å². The summed E-state index contributed by atoms with van der Waals surface area (Å²) in [6.45, 7) is 12.7. The lowest BCUT2D eigenvalue weighted by molar-refractivity contribution is -0.139. The van der Waals surface area contributed by atoms with Crippen molar-refractivity contribution in [3.63, 3.8) is 0 Å². The standard InChI is InChI=1S/C31H47NO11/c1-18(2)21(6)39-30(36)42-26-14-13-23(16-27(26)43-31(37)40-22(7)19(3)4)15-25(28(33)34)32-17-20(5)38-29(35)41-24-11-9-8-10-12-24/h13-14,16,18-22,24-25,32H,8-12,15,17H2,1-7H3,(H,33,34)/t20?,21?,22?,25-/m0/s1. The van der Waals surface area contributed by atoms with Crippen molar-refractivity contribution in [2.45, 2.75) is 117 Å². The summed E-state index contributed by atoms with van der Waals surface area (Å²) in [6.07, 6.45) is 0.309. The van der Waals surface area contributed by atoms with Crippen molar-refractivity contribution < 1.29 is 52.7 Å². The van der Waals surface area contributed by atoms with Gasteiger partial charge >= 0.3 is 24.4 Å². The van der Waals surface area contributed by atoms with Crippen LogP contribution in [0.2, 0.25) is 0 Å². The number of carbonyl (C=O) groups excluding carboxylic acids is 3. The van der Waals surface area contributed by atoms with Gasteiger partial charge in [-0.15, -0.1) is 0 Å². The van der Waals surface area contributed by atoms with E-state index in [4.69, 9.17) is 28.4 Å². The summed E-state index contributed by atoms with van der Waals surface area (Å²) in [6, 6.07) is 3.25. The van der Waals surface area contributed by atoms with Gasteiger partial charge in [0.1, 0.15) is 30.5 Å². The quantitative estimate of drug-likeness (QED) is 0.139. The van der Waals surface area contributed by atoms with Crippen LogP contribution in [0.5, 0.6) is 11.5 Å². The summed E-state index contributed by atoms with van der Waals surface area (Å²) in [4.78, 5) is 49.0. The monoisotopic (exact) mass is 609 g/mol. The van der Waals surface area contributed by atoms with E-state index >= 15 is 0 Å². The fourth-order valence-corrected chi connectivity index (χ4v) is 3.99. The van der Waals surface area contributed by atoms with Gasteiger partial charge in [0.25, 0.3) is 0 Å². The Morgan fingerprint density at radius 3 is 1.88 bits per heavy atom. The molecule has 43 heavy (non-hydrogen) atoms. The minimum Gasteiger partial charge on any atom is -0.480 e. The predicted octanol–water partition coefficient (Wildman–Crippen LogP) is 6.27. The lowest BCUT2D eigenvalue weighted by Gasteiger charge is -2.23. The Balaban J connectivity index is 2.09. The zero-order chi connectivity index (χ0) is 32.1. The highest BCUT2D eigenvalue weighted by Crippen LogP contribution is 2.30. The Morgan fingerprint density at radius 2 is 1.35 bits per heavy atom. The van der Waals surface area contributed by atoms with Crippen LogP contribution in [0.3, 0.4) is 0 Å². The van der Waals surface area contributed by atoms with Crippen molar-refractivity contribution in [2.75, 3.05) is 6.54 Å². The highest BCUT2D eigenvalue weighted by atomic mass is 16.8. The van der Waals surface area contributed by atoms with Gasteiger partial charge in [0, 0.05) is 6.54 Å². The van der Waals surface area contributed by atoms with E-state index in [1.54, 1.807) is 26.8 Å². The fourth-order valence-electron chi connectivity index (χ4n) is 3.99. The second-order valence-electron chi connectivity index (χ2n) is 11.7. The molecule has 0 heterocycles. The van der Waals surface area contributed by atoms with Gasteiger partial charge in [0.15, 0.2) is 11.5 Å². The second-order valence-corrected chi connectivity index (χ2v) is 11.7. The van der Waals surface area contributed by atoms with Crippen LogP contribution in [0.4, 0.5) is 14.4 Å². The summed E-state index contributed by atoms with van der Waals surface area (Å²) >= 11 is 0. The summed E-state index contributed by atoms with van der Waals surface area (Å²) in [5.74, 6) is -1.30. The fraction of sp³-hybridized carbons (Fsp3) is 0.677. The molecule has 3 unspecified atom stereocenters. The first-order valence-corrected chi connectivity index (χ1v) is 15.0. The van der Waals surface area contributed by atoms with Crippen LogP contribution in [-0.2, 0) is 30.2 Å². The van der Waals surface area contributed by atoms with E-state index in [-0.39, 0.29) is 42.4 Å². The number of nitrogens with one attached hydrogen (secondary N) is 1. The van der Waals surface area contributed by atoms with E-state index in [0.29, 0.717) is 5.56 Å². The molecule has 0 aromatic heterocycles. The third-order valence-corrected chi connectivity index (χ3v) is 7.34. The summed E-state index contributed by atoms with van der Waals surface area (Å²) in [7, 11) is 0. The lowest BCUT2D eigenvalue weighted by atomic mass is 9.98. The molecule has 1 aromatic carbocycles. The van der Waals surface area contributed by atoms with Crippen molar-refractivity contribution in [3.05, 3.63) is 23.8 Å². The maximum atomic E-state index is 12.5. The molecule has 0 spiro atoms. The van der Waals surface area contributed by atoms with Crippen molar-refractivity contribution in [2.24, 2.45) is 11.8 Å². The molecule has 0 saturated heterocycles. The van der Waals surface area contributed by atoms with Crippen LogP contribution in [0, 0.1) is 11.8 Å². The molecule has 1 aliphatic carbocycles. The summed E-state index contributed by atoms with van der Waals surface area (Å²) in [5.41, 5.74) is 0.459. The molecule has 1 aliphatic rings. The average Bonchev–Trinajstić information content (AvgIpc) is 2.92. The van der Waals surface area contributed by atoms with E-state index in [0.717, 1.165) is 32.1 Å². The third-order valence-electron chi connectivity index (χ3n) is 7.34. The van der Waals surface area contributed by atoms with Crippen LogP contribution in [0.25, 0.3) is 0 Å². The number of aliphatic carboxylic acids is 1. The van der Waals surface area contributed by atoms with Gasteiger partial charge in [-0.05, 0) is 82.4 Å². The number of carboxylic acid groups (broad SMARTS) is 1. The van der Waals surface area contributed by atoms with E-state index in [9.17, 15) is 24.3 Å². The lowest BCUT2D eigenvalue weighted by Crippen LogP contribution is -2.43. The number of rotatable bonds is 14. The summed E-state index contributed by atoms with van der Waals surface area (Å²) in [5, 5.41) is 12.7. The van der Waals surface area contributed by atoms with Gasteiger partial charge in [0.2, 0.25) is 0 Å². The molecule has 12 nitrogen and oxygen atoms in total.